The third-order valence-electron chi connectivity index (χ3n) is 5.55. The van der Waals surface area contributed by atoms with Crippen molar-refractivity contribution in [2.75, 3.05) is 20.1 Å². The third-order valence-corrected chi connectivity index (χ3v) is 6.39. The number of pyridine rings is 1. The Morgan fingerprint density at radius 3 is 2.72 bits per heavy atom. The molecule has 1 saturated carbocycles. The largest absolute Gasteiger partial charge is 0.336 e. The Bertz CT molecular complexity index is 813. The minimum absolute atomic E-state index is 0.0601. The average molecular weight is 355 g/mol. The molecule has 2 aromatic heterocycles. The van der Waals surface area contributed by atoms with Gasteiger partial charge < -0.3 is 9.80 Å². The zero-order chi connectivity index (χ0) is 17.6. The van der Waals surface area contributed by atoms with Gasteiger partial charge in [0.05, 0.1) is 11.6 Å². The lowest BCUT2D eigenvalue weighted by atomic mass is 9.99. The molecule has 2 aliphatic rings. The average Bonchev–Trinajstić information content (AvgIpc) is 3.10. The van der Waals surface area contributed by atoms with Crippen LogP contribution in [0.25, 0.3) is 0 Å². The van der Waals surface area contributed by atoms with E-state index in [0.717, 1.165) is 29.8 Å². The Morgan fingerprint density at radius 2 is 2.12 bits per heavy atom. The standard InChI is InChI=1S/C19H21N3O2S/c1-13-14(6-10-25-13)17(23)22-11-16(19(12-22)7-8-19)21(2)18(24)15-5-3-4-9-20-15/h3-6,9-10,16H,7-8,11-12H2,1-2H3. The Balaban J connectivity index is 1.54. The quantitative estimate of drug-likeness (QED) is 0.851. The molecule has 1 unspecified atom stereocenters. The van der Waals surface area contributed by atoms with E-state index >= 15 is 0 Å². The Morgan fingerprint density at radius 1 is 1.32 bits per heavy atom. The van der Waals surface area contributed by atoms with E-state index in [1.165, 1.54) is 0 Å². The van der Waals surface area contributed by atoms with Crippen LogP contribution in [0.5, 0.6) is 0 Å². The number of nitrogens with zero attached hydrogens (tertiary/aromatic N) is 3. The molecule has 3 heterocycles. The molecule has 1 spiro atoms. The van der Waals surface area contributed by atoms with Crippen LogP contribution in [0.2, 0.25) is 0 Å². The molecule has 1 aliphatic heterocycles. The van der Waals surface area contributed by atoms with Gasteiger partial charge in [0.1, 0.15) is 5.69 Å². The predicted octanol–water partition coefficient (Wildman–Crippen LogP) is 2.83. The number of carbonyl (C=O) groups is 2. The van der Waals surface area contributed by atoms with Crippen molar-refractivity contribution in [3.63, 3.8) is 0 Å². The molecule has 0 bridgehead atoms. The molecule has 2 fully saturated rings. The van der Waals surface area contributed by atoms with E-state index in [4.69, 9.17) is 0 Å². The number of aromatic nitrogens is 1. The Hall–Kier alpha value is -2.21. The van der Waals surface area contributed by atoms with Gasteiger partial charge in [-0.2, -0.15) is 0 Å². The molecular weight excluding hydrogens is 334 g/mol. The van der Waals surface area contributed by atoms with E-state index in [2.05, 4.69) is 4.98 Å². The molecule has 130 valence electrons. The number of rotatable bonds is 3. The van der Waals surface area contributed by atoms with Crippen LogP contribution in [0.4, 0.5) is 0 Å². The maximum atomic E-state index is 12.9. The van der Waals surface area contributed by atoms with Crippen molar-refractivity contribution in [2.24, 2.45) is 5.41 Å². The van der Waals surface area contributed by atoms with Crippen LogP contribution in [-0.4, -0.2) is 52.8 Å². The van der Waals surface area contributed by atoms with Gasteiger partial charge in [-0.3, -0.25) is 14.6 Å². The molecule has 0 N–H and O–H groups in total. The SMILES string of the molecule is Cc1sccc1C(=O)N1CC(N(C)C(=O)c2ccccn2)C2(CC2)C1. The summed E-state index contributed by atoms with van der Waals surface area (Å²) in [6, 6.07) is 7.33. The summed E-state index contributed by atoms with van der Waals surface area (Å²) in [4.78, 5) is 34.6. The minimum Gasteiger partial charge on any atom is -0.336 e. The first-order chi connectivity index (χ1) is 12.0. The summed E-state index contributed by atoms with van der Waals surface area (Å²) in [6.45, 7) is 3.32. The van der Waals surface area contributed by atoms with E-state index in [9.17, 15) is 9.59 Å². The highest BCUT2D eigenvalue weighted by Gasteiger charge is 2.58. The number of likely N-dealkylation sites (tertiary alicyclic amines) is 1. The van der Waals surface area contributed by atoms with E-state index in [1.807, 2.05) is 36.4 Å². The molecule has 1 atom stereocenters. The molecule has 1 saturated heterocycles. The van der Waals surface area contributed by atoms with Crippen molar-refractivity contribution >= 4 is 23.2 Å². The molecule has 1 aliphatic carbocycles. The van der Waals surface area contributed by atoms with Gasteiger partial charge in [0.2, 0.25) is 0 Å². The smallest absolute Gasteiger partial charge is 0.272 e. The number of likely N-dealkylation sites (N-methyl/N-ethyl adjacent to an activating group) is 1. The fourth-order valence-electron chi connectivity index (χ4n) is 3.88. The van der Waals surface area contributed by atoms with Crippen LogP contribution in [0.3, 0.4) is 0 Å². The summed E-state index contributed by atoms with van der Waals surface area (Å²) >= 11 is 1.60. The lowest BCUT2D eigenvalue weighted by Gasteiger charge is -2.28. The van der Waals surface area contributed by atoms with Gasteiger partial charge in [0, 0.05) is 36.6 Å². The molecule has 2 aromatic rings. The summed E-state index contributed by atoms with van der Waals surface area (Å²) in [5.74, 6) is 0.0177. The minimum atomic E-state index is -0.0714. The molecule has 6 heteroatoms. The van der Waals surface area contributed by atoms with Crippen LogP contribution >= 0.6 is 11.3 Å². The van der Waals surface area contributed by atoms with Crippen LogP contribution in [0, 0.1) is 12.3 Å². The lowest BCUT2D eigenvalue weighted by molar-refractivity contribution is 0.0673. The van der Waals surface area contributed by atoms with Crippen molar-refractivity contribution in [3.8, 4) is 0 Å². The number of hydrogen-bond donors (Lipinski definition) is 0. The van der Waals surface area contributed by atoms with Crippen molar-refractivity contribution in [2.45, 2.75) is 25.8 Å². The second-order valence-corrected chi connectivity index (χ2v) is 8.21. The topological polar surface area (TPSA) is 53.5 Å². The highest BCUT2D eigenvalue weighted by Crippen LogP contribution is 2.54. The van der Waals surface area contributed by atoms with Crippen molar-refractivity contribution in [1.82, 2.24) is 14.8 Å². The van der Waals surface area contributed by atoms with Crippen molar-refractivity contribution in [3.05, 3.63) is 52.0 Å². The Labute approximate surface area is 151 Å². The number of amides is 2. The van der Waals surface area contributed by atoms with Gasteiger partial charge >= 0.3 is 0 Å². The zero-order valence-corrected chi connectivity index (χ0v) is 15.3. The van der Waals surface area contributed by atoms with Crippen LogP contribution in [0.15, 0.2) is 35.8 Å². The summed E-state index contributed by atoms with van der Waals surface area (Å²) < 4.78 is 0. The summed E-state index contributed by atoms with van der Waals surface area (Å²) in [5.41, 5.74) is 1.32. The summed E-state index contributed by atoms with van der Waals surface area (Å²) in [7, 11) is 1.84. The van der Waals surface area contributed by atoms with E-state index < -0.39 is 0 Å². The second kappa shape index (κ2) is 5.95. The van der Waals surface area contributed by atoms with Crippen LogP contribution in [-0.2, 0) is 0 Å². The van der Waals surface area contributed by atoms with Gasteiger partial charge in [-0.15, -0.1) is 11.3 Å². The lowest BCUT2D eigenvalue weighted by Crippen LogP contribution is -2.43. The van der Waals surface area contributed by atoms with Crippen LogP contribution in [0.1, 0.15) is 38.6 Å². The number of hydrogen-bond acceptors (Lipinski definition) is 4. The van der Waals surface area contributed by atoms with Gasteiger partial charge in [0.25, 0.3) is 11.8 Å². The van der Waals surface area contributed by atoms with Gasteiger partial charge in [-0.1, -0.05) is 6.07 Å². The zero-order valence-electron chi connectivity index (χ0n) is 14.4. The van der Waals surface area contributed by atoms with E-state index in [0.29, 0.717) is 12.2 Å². The summed E-state index contributed by atoms with van der Waals surface area (Å²) in [5, 5.41) is 1.96. The van der Waals surface area contributed by atoms with Crippen LogP contribution < -0.4 is 0 Å². The van der Waals surface area contributed by atoms with E-state index in [-0.39, 0.29) is 23.3 Å². The first kappa shape index (κ1) is 16.3. The molecular formula is C19H21N3O2S. The molecule has 25 heavy (non-hydrogen) atoms. The highest BCUT2D eigenvalue weighted by molar-refractivity contribution is 7.10. The second-order valence-electron chi connectivity index (χ2n) is 7.09. The molecule has 0 radical (unpaired) electrons. The normalized spacial score (nSPS) is 20.7. The molecule has 4 rings (SSSR count). The van der Waals surface area contributed by atoms with E-state index in [1.54, 1.807) is 34.6 Å². The Kier molecular flexibility index (Phi) is 3.87. The van der Waals surface area contributed by atoms with Gasteiger partial charge in [-0.05, 0) is 43.3 Å². The number of carbonyl (C=O) groups excluding carboxylic acids is 2. The first-order valence-electron chi connectivity index (χ1n) is 8.53. The summed E-state index contributed by atoms with van der Waals surface area (Å²) in [6.07, 6.45) is 3.78. The molecule has 2 amide bonds. The fourth-order valence-corrected chi connectivity index (χ4v) is 4.57. The first-order valence-corrected chi connectivity index (χ1v) is 9.41. The molecule has 0 aromatic carbocycles. The van der Waals surface area contributed by atoms with Crippen molar-refractivity contribution in [1.29, 1.82) is 0 Å². The highest BCUT2D eigenvalue weighted by atomic mass is 32.1. The fraction of sp³-hybridized carbons (Fsp3) is 0.421. The number of thiophene rings is 1. The van der Waals surface area contributed by atoms with Gasteiger partial charge in [-0.25, -0.2) is 0 Å². The number of aryl methyl sites for hydroxylation is 1. The van der Waals surface area contributed by atoms with Gasteiger partial charge in [0.15, 0.2) is 0 Å². The predicted molar refractivity (Wildman–Crippen MR) is 96.7 cm³/mol. The maximum Gasteiger partial charge on any atom is 0.272 e. The molecule has 5 nitrogen and oxygen atoms in total. The van der Waals surface area contributed by atoms with Crippen molar-refractivity contribution < 1.29 is 9.59 Å². The third kappa shape index (κ3) is 2.74. The maximum absolute atomic E-state index is 12.9. The monoisotopic (exact) mass is 355 g/mol.